The summed E-state index contributed by atoms with van der Waals surface area (Å²) in [5, 5.41) is 10.3. The van der Waals surface area contributed by atoms with Gasteiger partial charge >= 0.3 is 0 Å². The number of carbonyl (C=O) groups excluding carboxylic acids is 1. The molecule has 5 rings (SSSR count). The van der Waals surface area contributed by atoms with Crippen molar-refractivity contribution in [1.29, 1.82) is 0 Å². The summed E-state index contributed by atoms with van der Waals surface area (Å²) in [6, 6.07) is 3.93. The highest BCUT2D eigenvalue weighted by Gasteiger charge is 2.73. The van der Waals surface area contributed by atoms with Crippen LogP contribution in [-0.2, 0) is 21.4 Å². The molecule has 24 heavy (non-hydrogen) atoms. The Bertz CT molecular complexity index is 738. The van der Waals surface area contributed by atoms with E-state index in [0.717, 1.165) is 31.4 Å². The summed E-state index contributed by atoms with van der Waals surface area (Å²) in [4.78, 5) is 15.1. The summed E-state index contributed by atoms with van der Waals surface area (Å²) < 4.78 is 12.3. The zero-order valence-electron chi connectivity index (χ0n) is 13.9. The molecular formula is C18H22ClNO4. The first-order valence-corrected chi connectivity index (χ1v) is 8.35. The van der Waals surface area contributed by atoms with Gasteiger partial charge in [-0.3, -0.25) is 4.79 Å². The van der Waals surface area contributed by atoms with Crippen molar-refractivity contribution in [2.45, 2.75) is 48.8 Å². The summed E-state index contributed by atoms with van der Waals surface area (Å²) in [6.45, 7) is 0.914. The number of ketones is 1. The number of likely N-dealkylation sites (tertiary alicyclic amines) is 1. The lowest BCUT2D eigenvalue weighted by atomic mass is 9.49. The van der Waals surface area contributed by atoms with E-state index in [4.69, 9.17) is 9.47 Å². The van der Waals surface area contributed by atoms with Crippen LogP contribution in [0, 0.1) is 0 Å². The van der Waals surface area contributed by atoms with Gasteiger partial charge in [-0.05, 0) is 44.5 Å². The van der Waals surface area contributed by atoms with Crippen molar-refractivity contribution in [3.05, 3.63) is 23.3 Å². The van der Waals surface area contributed by atoms with Gasteiger partial charge in [0.2, 0.25) is 0 Å². The molecule has 1 aromatic rings. The van der Waals surface area contributed by atoms with Gasteiger partial charge in [-0.25, -0.2) is 0 Å². The van der Waals surface area contributed by atoms with Crippen LogP contribution in [0.1, 0.15) is 30.4 Å². The normalized spacial score (nSPS) is 39.0. The summed E-state index contributed by atoms with van der Waals surface area (Å²) in [5.41, 5.74) is 1.38. The van der Waals surface area contributed by atoms with Gasteiger partial charge in [-0.1, -0.05) is 6.07 Å². The average Bonchev–Trinajstić information content (AvgIpc) is 2.91. The lowest BCUT2D eigenvalue weighted by Crippen LogP contribution is -2.76. The van der Waals surface area contributed by atoms with E-state index in [0.29, 0.717) is 12.2 Å². The van der Waals surface area contributed by atoms with Crippen LogP contribution in [0.3, 0.4) is 0 Å². The number of piperidine rings is 1. The van der Waals surface area contributed by atoms with E-state index in [9.17, 15) is 9.90 Å². The van der Waals surface area contributed by atoms with Gasteiger partial charge in [0.15, 0.2) is 23.4 Å². The van der Waals surface area contributed by atoms with Crippen molar-refractivity contribution in [3.63, 3.8) is 0 Å². The minimum absolute atomic E-state index is 0. The maximum Gasteiger partial charge on any atom is 0.174 e. The lowest BCUT2D eigenvalue weighted by molar-refractivity contribution is -0.198. The fourth-order valence-corrected chi connectivity index (χ4v) is 5.92. The third-order valence-corrected chi connectivity index (χ3v) is 6.85. The lowest BCUT2D eigenvalue weighted by Gasteiger charge is -2.63. The molecular weight excluding hydrogens is 330 g/mol. The molecule has 2 aliphatic carbocycles. The second-order valence-electron chi connectivity index (χ2n) is 7.43. The van der Waals surface area contributed by atoms with Gasteiger partial charge in [-0.15, -0.1) is 12.4 Å². The third kappa shape index (κ3) is 1.48. The Morgan fingerprint density at radius 3 is 2.92 bits per heavy atom. The maximum atomic E-state index is 12.7. The third-order valence-electron chi connectivity index (χ3n) is 6.85. The molecule has 1 aromatic carbocycles. The highest BCUT2D eigenvalue weighted by atomic mass is 35.5. The molecule has 1 saturated heterocycles. The van der Waals surface area contributed by atoms with Crippen LogP contribution in [0.5, 0.6) is 11.5 Å². The van der Waals surface area contributed by atoms with Gasteiger partial charge in [0.25, 0.3) is 0 Å². The second-order valence-corrected chi connectivity index (χ2v) is 7.43. The van der Waals surface area contributed by atoms with Crippen molar-refractivity contribution in [3.8, 4) is 11.5 Å². The number of methoxy groups -OCH3 is 1. The zero-order chi connectivity index (χ0) is 16.0. The maximum absolute atomic E-state index is 12.7. The van der Waals surface area contributed by atoms with Crippen LogP contribution in [-0.4, -0.2) is 54.2 Å². The molecule has 0 amide bonds. The van der Waals surface area contributed by atoms with Crippen molar-refractivity contribution >= 4 is 18.2 Å². The first kappa shape index (κ1) is 16.2. The quantitative estimate of drug-likeness (QED) is 0.836. The van der Waals surface area contributed by atoms with Crippen LogP contribution in [0.4, 0.5) is 0 Å². The number of phenols is 1. The molecule has 5 nitrogen and oxygen atoms in total. The molecule has 4 aliphatic rings. The Kier molecular flexibility index (Phi) is 3.28. The minimum Gasteiger partial charge on any atom is -0.504 e. The predicted octanol–water partition coefficient (Wildman–Crippen LogP) is 1.82. The first-order chi connectivity index (χ1) is 11.0. The standard InChI is InChI=1S/C18H21NO4.ClH/c1-19-8-7-17-14-10-3-4-11(20)15(14)23-16(17)12(21)5-6-18(17,22-2)13(19)9-10;/h3-4,13,16,20H,5-9H2,1-2H3;1H/t13-,16+,17+,18-;/m1./s1. The van der Waals surface area contributed by atoms with Gasteiger partial charge in [0, 0.05) is 25.1 Å². The number of hydrogen-bond acceptors (Lipinski definition) is 5. The van der Waals surface area contributed by atoms with E-state index in [1.807, 2.05) is 6.07 Å². The molecule has 2 aliphatic heterocycles. The second kappa shape index (κ2) is 4.87. The predicted molar refractivity (Wildman–Crippen MR) is 90.2 cm³/mol. The summed E-state index contributed by atoms with van der Waals surface area (Å²) in [6.07, 6.45) is 2.39. The first-order valence-electron chi connectivity index (χ1n) is 8.35. The number of rotatable bonds is 1. The number of halogens is 1. The number of Topliss-reactive ketones (excluding diaryl/α,β-unsaturated/α-hetero) is 1. The SMILES string of the molecule is CO[C@@]12CCC(=O)[C@@H]3Oc4c(O)ccc5c4[C@@]31CCN(C)[C@@H]2C5.Cl. The smallest absolute Gasteiger partial charge is 0.174 e. The van der Waals surface area contributed by atoms with E-state index in [2.05, 4.69) is 11.9 Å². The van der Waals surface area contributed by atoms with Crippen LogP contribution < -0.4 is 4.74 Å². The molecule has 1 saturated carbocycles. The summed E-state index contributed by atoms with van der Waals surface area (Å²) >= 11 is 0. The van der Waals surface area contributed by atoms with Crippen molar-refractivity contribution in [2.24, 2.45) is 0 Å². The fourth-order valence-electron chi connectivity index (χ4n) is 5.92. The van der Waals surface area contributed by atoms with Crippen molar-refractivity contribution in [1.82, 2.24) is 4.90 Å². The van der Waals surface area contributed by atoms with E-state index >= 15 is 0 Å². The molecule has 0 aromatic heterocycles. The van der Waals surface area contributed by atoms with E-state index in [1.54, 1.807) is 13.2 Å². The van der Waals surface area contributed by atoms with E-state index < -0.39 is 17.1 Å². The average molecular weight is 352 g/mol. The van der Waals surface area contributed by atoms with Crippen LogP contribution >= 0.6 is 12.4 Å². The zero-order valence-corrected chi connectivity index (χ0v) is 14.7. The molecule has 1 spiro atoms. The van der Waals surface area contributed by atoms with Crippen LogP contribution in [0.25, 0.3) is 0 Å². The highest BCUT2D eigenvalue weighted by Crippen LogP contribution is 2.65. The number of ether oxygens (including phenoxy) is 2. The Hall–Kier alpha value is -1.30. The topological polar surface area (TPSA) is 59.0 Å². The summed E-state index contributed by atoms with van der Waals surface area (Å²) in [5.74, 6) is 0.805. The monoisotopic (exact) mass is 351 g/mol. The van der Waals surface area contributed by atoms with Crippen molar-refractivity contribution < 1.29 is 19.4 Å². The van der Waals surface area contributed by atoms with E-state index in [1.165, 1.54) is 5.56 Å². The molecule has 2 heterocycles. The molecule has 0 unspecified atom stereocenters. The van der Waals surface area contributed by atoms with Crippen molar-refractivity contribution in [2.75, 3.05) is 20.7 Å². The number of aromatic hydroxyl groups is 1. The number of carbonyl (C=O) groups is 1. The van der Waals surface area contributed by atoms with Gasteiger partial charge in [0.05, 0.1) is 11.0 Å². The van der Waals surface area contributed by atoms with Gasteiger partial charge in [0.1, 0.15) is 0 Å². The molecule has 4 atom stereocenters. The van der Waals surface area contributed by atoms with Crippen LogP contribution in [0.15, 0.2) is 12.1 Å². The fraction of sp³-hybridized carbons (Fsp3) is 0.611. The summed E-state index contributed by atoms with van der Waals surface area (Å²) in [7, 11) is 3.92. The van der Waals surface area contributed by atoms with Gasteiger partial charge < -0.3 is 19.5 Å². The number of nitrogens with zero attached hydrogens (tertiary/aromatic N) is 1. The van der Waals surface area contributed by atoms with Gasteiger partial charge in [-0.2, -0.15) is 0 Å². The van der Waals surface area contributed by atoms with Crippen LogP contribution in [0.2, 0.25) is 0 Å². The Morgan fingerprint density at radius 2 is 2.17 bits per heavy atom. The Morgan fingerprint density at radius 1 is 1.38 bits per heavy atom. The minimum atomic E-state index is -0.519. The molecule has 2 fully saturated rings. The Labute approximate surface area is 147 Å². The molecule has 6 heteroatoms. The molecule has 0 radical (unpaired) electrons. The molecule has 1 N–H and O–H groups in total. The Balaban J connectivity index is 0.00000146. The highest BCUT2D eigenvalue weighted by molar-refractivity contribution is 5.90. The molecule has 2 bridgehead atoms. The number of hydrogen-bond donors (Lipinski definition) is 1. The number of likely N-dealkylation sites (N-methyl/N-ethyl adjacent to an activating group) is 1. The number of benzene rings is 1. The van der Waals surface area contributed by atoms with E-state index in [-0.39, 0.29) is 30.0 Å². The number of phenolic OH excluding ortho intramolecular Hbond substituents is 1. The molecule has 130 valence electrons. The largest absolute Gasteiger partial charge is 0.504 e.